The van der Waals surface area contributed by atoms with E-state index in [1.54, 1.807) is 11.8 Å². The fourth-order valence-electron chi connectivity index (χ4n) is 1.77. The molecule has 0 spiro atoms. The molecule has 0 aromatic carbocycles. The van der Waals surface area contributed by atoms with Gasteiger partial charge in [-0.1, -0.05) is 18.2 Å². The van der Waals surface area contributed by atoms with Crippen LogP contribution in [0.3, 0.4) is 0 Å². The first kappa shape index (κ1) is 11.0. The molecule has 0 saturated heterocycles. The molecule has 2 heterocycles. The van der Waals surface area contributed by atoms with E-state index in [2.05, 4.69) is 14.8 Å². The predicted molar refractivity (Wildman–Crippen MR) is 62.0 cm³/mol. The summed E-state index contributed by atoms with van der Waals surface area (Å²) in [7, 11) is 0. The molecule has 5 heteroatoms. The van der Waals surface area contributed by atoms with E-state index in [9.17, 15) is 0 Å². The zero-order chi connectivity index (χ0) is 10.7. The van der Waals surface area contributed by atoms with Gasteiger partial charge in [-0.25, -0.2) is 0 Å². The van der Waals surface area contributed by atoms with Gasteiger partial charge >= 0.3 is 0 Å². The Labute approximate surface area is 94.6 Å². The molecule has 1 aliphatic heterocycles. The highest BCUT2D eigenvalue weighted by Crippen LogP contribution is 2.21. The molecule has 4 nitrogen and oxygen atoms in total. The van der Waals surface area contributed by atoms with E-state index >= 15 is 0 Å². The topological polar surface area (TPSA) is 56.7 Å². The van der Waals surface area contributed by atoms with Crippen molar-refractivity contribution in [3.63, 3.8) is 0 Å². The Balaban J connectivity index is 2.08. The number of nitrogens with two attached hydrogens (primary N) is 1. The van der Waals surface area contributed by atoms with Gasteiger partial charge < -0.3 is 10.3 Å². The number of aromatic nitrogens is 3. The molecule has 0 unspecified atom stereocenters. The molecule has 0 amide bonds. The van der Waals surface area contributed by atoms with Crippen LogP contribution in [0.15, 0.2) is 5.16 Å². The molecule has 0 saturated carbocycles. The molecule has 0 fully saturated rings. The van der Waals surface area contributed by atoms with Crippen molar-refractivity contribution >= 4 is 11.8 Å². The van der Waals surface area contributed by atoms with Crippen molar-refractivity contribution in [2.45, 2.75) is 50.4 Å². The molecule has 1 atom stereocenters. The minimum Gasteiger partial charge on any atom is -0.327 e. The second-order valence-corrected chi connectivity index (χ2v) is 5.14. The van der Waals surface area contributed by atoms with Crippen LogP contribution in [0.5, 0.6) is 0 Å². The van der Waals surface area contributed by atoms with Gasteiger partial charge in [0.1, 0.15) is 5.82 Å². The SMILES string of the molecule is C[C@@H](N)CSc1nnc2n1CCCCC2. The number of hydrogen-bond acceptors (Lipinski definition) is 4. The minimum absolute atomic E-state index is 0.216. The highest BCUT2D eigenvalue weighted by atomic mass is 32.2. The second-order valence-electron chi connectivity index (χ2n) is 4.15. The van der Waals surface area contributed by atoms with Crippen LogP contribution in [-0.4, -0.2) is 26.6 Å². The molecule has 2 N–H and O–H groups in total. The Kier molecular flexibility index (Phi) is 3.64. The van der Waals surface area contributed by atoms with E-state index in [1.165, 1.54) is 19.3 Å². The largest absolute Gasteiger partial charge is 0.327 e. The van der Waals surface area contributed by atoms with Crippen LogP contribution in [0.1, 0.15) is 32.0 Å². The molecule has 1 aliphatic rings. The van der Waals surface area contributed by atoms with E-state index < -0.39 is 0 Å². The second kappa shape index (κ2) is 4.99. The van der Waals surface area contributed by atoms with Crippen LogP contribution in [-0.2, 0) is 13.0 Å². The summed E-state index contributed by atoms with van der Waals surface area (Å²) < 4.78 is 2.26. The number of aryl methyl sites for hydroxylation is 1. The molecule has 0 aliphatic carbocycles. The summed E-state index contributed by atoms with van der Waals surface area (Å²) in [5.41, 5.74) is 5.74. The summed E-state index contributed by atoms with van der Waals surface area (Å²) in [4.78, 5) is 0. The molecule has 0 radical (unpaired) electrons. The Hall–Kier alpha value is -0.550. The van der Waals surface area contributed by atoms with Gasteiger partial charge in [0, 0.05) is 24.8 Å². The van der Waals surface area contributed by atoms with Crippen LogP contribution in [0.4, 0.5) is 0 Å². The summed E-state index contributed by atoms with van der Waals surface area (Å²) in [6.45, 7) is 3.09. The molecular formula is C10H18N4S. The van der Waals surface area contributed by atoms with E-state index in [1.807, 2.05) is 6.92 Å². The maximum absolute atomic E-state index is 5.74. The maximum atomic E-state index is 5.74. The first-order valence-corrected chi connectivity index (χ1v) is 6.56. The van der Waals surface area contributed by atoms with Crippen LogP contribution in [0.25, 0.3) is 0 Å². The monoisotopic (exact) mass is 226 g/mol. The van der Waals surface area contributed by atoms with Gasteiger partial charge in [0.2, 0.25) is 0 Å². The quantitative estimate of drug-likeness (QED) is 0.792. The van der Waals surface area contributed by atoms with Crippen LogP contribution in [0, 0.1) is 0 Å². The highest BCUT2D eigenvalue weighted by molar-refractivity contribution is 7.99. The summed E-state index contributed by atoms with van der Waals surface area (Å²) in [5.74, 6) is 2.07. The fourth-order valence-corrected chi connectivity index (χ4v) is 2.63. The van der Waals surface area contributed by atoms with Gasteiger partial charge in [-0.3, -0.25) is 0 Å². The summed E-state index contributed by atoms with van der Waals surface area (Å²) in [5, 5.41) is 9.52. The van der Waals surface area contributed by atoms with Gasteiger partial charge in [0.15, 0.2) is 5.16 Å². The van der Waals surface area contributed by atoms with E-state index in [0.29, 0.717) is 0 Å². The van der Waals surface area contributed by atoms with E-state index in [0.717, 1.165) is 29.7 Å². The standard InChI is InChI=1S/C10H18N4S/c1-8(11)7-15-10-13-12-9-5-3-2-4-6-14(9)10/h8H,2-7,11H2,1H3/t8-/m1/s1. The number of thioether (sulfide) groups is 1. The lowest BCUT2D eigenvalue weighted by atomic mass is 10.2. The minimum atomic E-state index is 0.216. The van der Waals surface area contributed by atoms with Crippen LogP contribution < -0.4 is 5.73 Å². The summed E-state index contributed by atoms with van der Waals surface area (Å²) in [6, 6.07) is 0.216. The van der Waals surface area contributed by atoms with E-state index in [-0.39, 0.29) is 6.04 Å². The van der Waals surface area contributed by atoms with Crippen molar-refractivity contribution in [3.05, 3.63) is 5.82 Å². The average molecular weight is 226 g/mol. The number of rotatable bonds is 3. The van der Waals surface area contributed by atoms with E-state index in [4.69, 9.17) is 5.73 Å². The Morgan fingerprint density at radius 3 is 3.07 bits per heavy atom. The number of nitrogens with zero attached hydrogens (tertiary/aromatic N) is 3. The Morgan fingerprint density at radius 2 is 2.27 bits per heavy atom. The van der Waals surface area contributed by atoms with Crippen molar-refractivity contribution in [3.8, 4) is 0 Å². The smallest absolute Gasteiger partial charge is 0.191 e. The highest BCUT2D eigenvalue weighted by Gasteiger charge is 2.14. The van der Waals surface area contributed by atoms with Gasteiger partial charge in [-0.15, -0.1) is 10.2 Å². The van der Waals surface area contributed by atoms with Crippen LogP contribution in [0.2, 0.25) is 0 Å². The van der Waals surface area contributed by atoms with Crippen LogP contribution >= 0.6 is 11.8 Å². The normalized spacial score (nSPS) is 18.3. The fraction of sp³-hybridized carbons (Fsp3) is 0.800. The molecule has 2 rings (SSSR count). The van der Waals surface area contributed by atoms with Gasteiger partial charge in [0.25, 0.3) is 0 Å². The lowest BCUT2D eigenvalue weighted by Gasteiger charge is -2.07. The third-order valence-corrected chi connectivity index (χ3v) is 3.80. The zero-order valence-electron chi connectivity index (χ0n) is 9.15. The maximum Gasteiger partial charge on any atom is 0.191 e. The Morgan fingerprint density at radius 1 is 1.40 bits per heavy atom. The van der Waals surface area contributed by atoms with Gasteiger partial charge in [0.05, 0.1) is 0 Å². The third-order valence-electron chi connectivity index (χ3n) is 2.55. The van der Waals surface area contributed by atoms with Gasteiger partial charge in [-0.05, 0) is 19.8 Å². The summed E-state index contributed by atoms with van der Waals surface area (Å²) in [6.07, 6.45) is 4.87. The van der Waals surface area contributed by atoms with Crippen molar-refractivity contribution in [1.82, 2.24) is 14.8 Å². The van der Waals surface area contributed by atoms with Gasteiger partial charge in [-0.2, -0.15) is 0 Å². The first-order chi connectivity index (χ1) is 7.27. The molecular weight excluding hydrogens is 208 g/mol. The molecule has 1 aromatic rings. The summed E-state index contributed by atoms with van der Waals surface area (Å²) >= 11 is 1.72. The zero-order valence-corrected chi connectivity index (χ0v) is 9.96. The van der Waals surface area contributed by atoms with Crippen molar-refractivity contribution in [2.75, 3.05) is 5.75 Å². The first-order valence-electron chi connectivity index (χ1n) is 5.58. The number of hydrogen-bond donors (Lipinski definition) is 1. The molecule has 1 aromatic heterocycles. The molecule has 15 heavy (non-hydrogen) atoms. The lowest BCUT2D eigenvalue weighted by Crippen LogP contribution is -2.18. The van der Waals surface area contributed by atoms with Crippen molar-refractivity contribution in [2.24, 2.45) is 5.73 Å². The van der Waals surface area contributed by atoms with Crippen molar-refractivity contribution in [1.29, 1.82) is 0 Å². The molecule has 0 bridgehead atoms. The number of fused-ring (bicyclic) bond motifs is 1. The van der Waals surface area contributed by atoms with Crippen molar-refractivity contribution < 1.29 is 0 Å². The average Bonchev–Trinajstić information content (AvgIpc) is 2.44. The predicted octanol–water partition coefficient (Wildman–Crippen LogP) is 1.44. The molecule has 84 valence electrons. The lowest BCUT2D eigenvalue weighted by molar-refractivity contribution is 0.590. The third kappa shape index (κ3) is 2.72. The Bertz CT molecular complexity index is 321.